The van der Waals surface area contributed by atoms with Gasteiger partial charge in [0.15, 0.2) is 6.29 Å². The molecule has 4 aromatic rings. The quantitative estimate of drug-likeness (QED) is 0.213. The van der Waals surface area contributed by atoms with Crippen LogP contribution >= 0.6 is 0 Å². The van der Waals surface area contributed by atoms with Gasteiger partial charge in [-0.15, -0.1) is 0 Å². The van der Waals surface area contributed by atoms with Crippen LogP contribution in [0, 0.1) is 0 Å². The second-order valence-corrected chi connectivity index (χ2v) is 10.7. The van der Waals surface area contributed by atoms with E-state index in [2.05, 4.69) is 18.2 Å². The average Bonchev–Trinajstić information content (AvgIpc) is 3.01. The maximum Gasteiger partial charge on any atom is 0.184 e. The smallest absolute Gasteiger partial charge is 0.184 e. The van der Waals surface area contributed by atoms with Crippen molar-refractivity contribution in [3.63, 3.8) is 0 Å². The van der Waals surface area contributed by atoms with Crippen molar-refractivity contribution in [1.82, 2.24) is 4.90 Å². The van der Waals surface area contributed by atoms with E-state index in [0.717, 1.165) is 33.4 Å². The fourth-order valence-electron chi connectivity index (χ4n) is 5.39. The molecule has 1 aliphatic heterocycles. The molecular formula is C34H38N2O5. The van der Waals surface area contributed by atoms with E-state index in [0.29, 0.717) is 31.6 Å². The Balaban J connectivity index is 1.34. The van der Waals surface area contributed by atoms with Gasteiger partial charge in [0.05, 0.1) is 24.9 Å². The van der Waals surface area contributed by atoms with Crippen molar-refractivity contribution in [1.29, 1.82) is 0 Å². The highest BCUT2D eigenvalue weighted by molar-refractivity contribution is 5.67. The molecule has 4 aromatic carbocycles. The predicted molar refractivity (Wildman–Crippen MR) is 159 cm³/mol. The summed E-state index contributed by atoms with van der Waals surface area (Å²) in [6, 6.07) is 30.9. The number of nitrogens with two attached hydrogens (primary N) is 1. The summed E-state index contributed by atoms with van der Waals surface area (Å²) in [5, 5.41) is 30.0. The second kappa shape index (κ2) is 13.4. The number of hydrogen-bond acceptors (Lipinski definition) is 7. The number of nitrogens with zero attached hydrogens (tertiary/aromatic N) is 1. The van der Waals surface area contributed by atoms with E-state index in [4.69, 9.17) is 15.2 Å². The van der Waals surface area contributed by atoms with E-state index in [1.54, 1.807) is 24.3 Å². The van der Waals surface area contributed by atoms with Crippen LogP contribution in [0.1, 0.15) is 52.7 Å². The second-order valence-electron chi connectivity index (χ2n) is 10.7. The summed E-state index contributed by atoms with van der Waals surface area (Å²) in [5.74, 6) is 0.132. The van der Waals surface area contributed by atoms with Crippen molar-refractivity contribution in [2.75, 3.05) is 20.1 Å². The van der Waals surface area contributed by atoms with Crippen LogP contribution in [0.5, 0.6) is 5.75 Å². The summed E-state index contributed by atoms with van der Waals surface area (Å²) in [4.78, 5) is 2.04. The number of benzene rings is 4. The molecule has 1 heterocycles. The number of hydrogen-bond donors (Lipinski definition) is 4. The number of phenolic OH excluding ortho intramolecular Hbond substituents is 1. The zero-order valence-electron chi connectivity index (χ0n) is 23.3. The summed E-state index contributed by atoms with van der Waals surface area (Å²) in [6.45, 7) is 1.44. The third-order valence-corrected chi connectivity index (χ3v) is 7.60. The molecule has 1 aliphatic rings. The molecule has 41 heavy (non-hydrogen) atoms. The monoisotopic (exact) mass is 554 g/mol. The Morgan fingerprint density at radius 3 is 2.34 bits per heavy atom. The molecule has 0 unspecified atom stereocenters. The van der Waals surface area contributed by atoms with Gasteiger partial charge in [-0.05, 0) is 52.6 Å². The first-order valence-corrected chi connectivity index (χ1v) is 14.0. The van der Waals surface area contributed by atoms with Crippen molar-refractivity contribution in [3.8, 4) is 16.9 Å². The summed E-state index contributed by atoms with van der Waals surface area (Å²) < 4.78 is 13.0. The highest BCUT2D eigenvalue weighted by Crippen LogP contribution is 2.39. The van der Waals surface area contributed by atoms with Crippen molar-refractivity contribution in [2.24, 2.45) is 5.73 Å². The highest BCUT2D eigenvalue weighted by Gasteiger charge is 2.33. The third-order valence-electron chi connectivity index (χ3n) is 7.60. The maximum absolute atomic E-state index is 10.8. The molecule has 7 heteroatoms. The maximum atomic E-state index is 10.8. The van der Waals surface area contributed by atoms with Gasteiger partial charge >= 0.3 is 0 Å². The molecule has 0 radical (unpaired) electrons. The first-order chi connectivity index (χ1) is 19.9. The number of likely N-dealkylation sites (N-methyl/N-ethyl adjacent to an activating group) is 1. The Morgan fingerprint density at radius 2 is 1.63 bits per heavy atom. The van der Waals surface area contributed by atoms with Crippen molar-refractivity contribution >= 4 is 0 Å². The Morgan fingerprint density at radius 1 is 0.902 bits per heavy atom. The standard InChI is InChI=1S/C34H38N2O5/c1-36(21-32(39)27-6-4-7-29(38)17-27)20-30-18-33(25-11-9-23(22-37)10-12-25)41-34(40-30)26-15-13-24(14-16-26)31-8-3-2-5-28(31)19-35/h2-17,30,32-34,37-39H,18-22,35H2,1H3/t30-,32-,33+,34+/m1/s1. The van der Waals surface area contributed by atoms with Crippen molar-refractivity contribution in [2.45, 2.75) is 44.2 Å². The average molecular weight is 555 g/mol. The van der Waals surface area contributed by atoms with Gasteiger partial charge in [0.2, 0.25) is 0 Å². The number of ether oxygens (including phenoxy) is 2. The molecule has 0 spiro atoms. The largest absolute Gasteiger partial charge is 0.508 e. The van der Waals surface area contributed by atoms with Crippen LogP contribution in [0.25, 0.3) is 11.1 Å². The zero-order chi connectivity index (χ0) is 28.8. The fourth-order valence-corrected chi connectivity index (χ4v) is 5.39. The van der Waals surface area contributed by atoms with Crippen LogP contribution in [0.3, 0.4) is 0 Å². The molecular weight excluding hydrogens is 516 g/mol. The molecule has 0 bridgehead atoms. The van der Waals surface area contributed by atoms with Gasteiger partial charge < -0.3 is 35.4 Å². The van der Waals surface area contributed by atoms with Gasteiger partial charge in [-0.2, -0.15) is 0 Å². The Hall–Kier alpha value is -3.56. The Bertz CT molecular complexity index is 1410. The third kappa shape index (κ3) is 7.21. The zero-order valence-corrected chi connectivity index (χ0v) is 23.3. The summed E-state index contributed by atoms with van der Waals surface area (Å²) in [6.07, 6.45) is -1.03. The minimum Gasteiger partial charge on any atom is -0.508 e. The van der Waals surface area contributed by atoms with E-state index >= 15 is 0 Å². The molecule has 1 fully saturated rings. The van der Waals surface area contributed by atoms with Gasteiger partial charge in [0.1, 0.15) is 5.75 Å². The first-order valence-electron chi connectivity index (χ1n) is 14.0. The number of aliphatic hydroxyl groups excluding tert-OH is 2. The summed E-state index contributed by atoms with van der Waals surface area (Å²) in [7, 11) is 1.95. The van der Waals surface area contributed by atoms with E-state index in [1.165, 1.54) is 0 Å². The molecule has 1 saturated heterocycles. The van der Waals surface area contributed by atoms with Crippen LogP contribution < -0.4 is 5.73 Å². The van der Waals surface area contributed by atoms with Gasteiger partial charge in [-0.25, -0.2) is 0 Å². The predicted octanol–water partition coefficient (Wildman–Crippen LogP) is 5.22. The van der Waals surface area contributed by atoms with Crippen LogP contribution in [0.15, 0.2) is 97.1 Å². The minimum absolute atomic E-state index is 0.00783. The summed E-state index contributed by atoms with van der Waals surface area (Å²) in [5.41, 5.74) is 12.7. The lowest BCUT2D eigenvalue weighted by atomic mass is 9.97. The lowest BCUT2D eigenvalue weighted by Crippen LogP contribution is -2.39. The Labute approximate surface area is 241 Å². The molecule has 0 amide bonds. The number of aromatic hydroxyl groups is 1. The van der Waals surface area contributed by atoms with Crippen LogP contribution in [-0.4, -0.2) is 46.5 Å². The van der Waals surface area contributed by atoms with Crippen LogP contribution in [0.4, 0.5) is 0 Å². The molecule has 5 N–H and O–H groups in total. The highest BCUT2D eigenvalue weighted by atomic mass is 16.7. The molecule has 0 saturated carbocycles. The van der Waals surface area contributed by atoms with Crippen LogP contribution in [-0.2, 0) is 22.6 Å². The number of rotatable bonds is 10. The molecule has 0 aliphatic carbocycles. The van der Waals surface area contributed by atoms with Gasteiger partial charge in [-0.1, -0.05) is 84.9 Å². The van der Waals surface area contributed by atoms with Gasteiger partial charge in [0.25, 0.3) is 0 Å². The van der Waals surface area contributed by atoms with Crippen LogP contribution in [0.2, 0.25) is 0 Å². The topological polar surface area (TPSA) is 108 Å². The minimum atomic E-state index is -0.742. The Kier molecular flexibility index (Phi) is 9.46. The number of aliphatic hydroxyl groups is 2. The van der Waals surface area contributed by atoms with Crippen molar-refractivity contribution < 1.29 is 24.8 Å². The fraction of sp³-hybridized carbons (Fsp3) is 0.294. The molecule has 5 rings (SSSR count). The normalized spacial score (nSPS) is 19.8. The number of phenols is 1. The summed E-state index contributed by atoms with van der Waals surface area (Å²) >= 11 is 0. The lowest BCUT2D eigenvalue weighted by molar-refractivity contribution is -0.252. The molecule has 0 aromatic heterocycles. The molecule has 7 nitrogen and oxygen atoms in total. The van der Waals surface area contributed by atoms with Crippen molar-refractivity contribution in [3.05, 3.63) is 125 Å². The SMILES string of the molecule is CN(C[C@H]1C[C@@H](c2ccc(CO)cc2)O[C@@H](c2ccc(-c3ccccc3CN)cc2)O1)C[C@@H](O)c1cccc(O)c1. The molecule has 4 atom stereocenters. The van der Waals surface area contributed by atoms with E-state index < -0.39 is 12.4 Å². The van der Waals surface area contributed by atoms with Gasteiger partial charge in [-0.3, -0.25) is 0 Å². The van der Waals surface area contributed by atoms with Gasteiger partial charge in [0, 0.05) is 31.6 Å². The van der Waals surface area contributed by atoms with E-state index in [9.17, 15) is 15.3 Å². The molecule has 214 valence electrons. The van der Waals surface area contributed by atoms with E-state index in [-0.39, 0.29) is 24.6 Å². The first kappa shape index (κ1) is 29.0. The van der Waals surface area contributed by atoms with E-state index in [1.807, 2.05) is 66.5 Å². The lowest BCUT2D eigenvalue weighted by Gasteiger charge is -2.38.